The number of ketones is 1. The molecule has 160 valence electrons. The topological polar surface area (TPSA) is 17.1 Å². The van der Waals surface area contributed by atoms with Crippen LogP contribution >= 0.6 is 0 Å². The Kier molecular flexibility index (Phi) is 16.8. The molecule has 0 aromatic rings. The van der Waals surface area contributed by atoms with Crippen molar-refractivity contribution in [3.63, 3.8) is 0 Å². The molecule has 0 aliphatic heterocycles. The van der Waals surface area contributed by atoms with Crippen LogP contribution in [-0.2, 0) is 4.79 Å². The first-order chi connectivity index (χ1) is 12.9. The highest BCUT2D eigenvalue weighted by molar-refractivity contribution is 5.78. The van der Waals surface area contributed by atoms with Gasteiger partial charge in [-0.25, -0.2) is 0 Å². The van der Waals surface area contributed by atoms with Gasteiger partial charge in [0.05, 0.1) is 0 Å². The third-order valence-electron chi connectivity index (χ3n) is 5.17. The van der Waals surface area contributed by atoms with Gasteiger partial charge in [0, 0.05) is 6.42 Å². The standard InChI is InChI=1S/C23H41F3O/c1-3-17-21(4-2)18-15-13-11-9-7-5-6-8-10-12-14-16-19-22(27)20-23(24,25)26/h4,21H,2-3,5-20H2,1H3/t21-/m1/s1. The first kappa shape index (κ1) is 26.2. The van der Waals surface area contributed by atoms with Crippen molar-refractivity contribution in [1.82, 2.24) is 0 Å². The fraction of sp³-hybridized carbons (Fsp3) is 0.870. The average Bonchev–Trinajstić information content (AvgIpc) is 2.59. The summed E-state index contributed by atoms with van der Waals surface area (Å²) in [6.45, 7) is 6.16. The van der Waals surface area contributed by atoms with Crippen LogP contribution in [0.4, 0.5) is 13.2 Å². The van der Waals surface area contributed by atoms with Gasteiger partial charge >= 0.3 is 6.18 Å². The summed E-state index contributed by atoms with van der Waals surface area (Å²) in [7, 11) is 0. The fourth-order valence-electron chi connectivity index (χ4n) is 3.56. The van der Waals surface area contributed by atoms with E-state index in [-0.39, 0.29) is 6.42 Å². The molecule has 0 radical (unpaired) electrons. The van der Waals surface area contributed by atoms with Crippen molar-refractivity contribution in [3.05, 3.63) is 12.7 Å². The van der Waals surface area contributed by atoms with Gasteiger partial charge in [-0.05, 0) is 25.2 Å². The molecule has 1 nitrogen and oxygen atoms in total. The summed E-state index contributed by atoms with van der Waals surface area (Å²) in [4.78, 5) is 11.1. The summed E-state index contributed by atoms with van der Waals surface area (Å²) in [6, 6.07) is 0. The quantitative estimate of drug-likeness (QED) is 0.159. The molecule has 0 N–H and O–H groups in total. The fourth-order valence-corrected chi connectivity index (χ4v) is 3.56. The van der Waals surface area contributed by atoms with Gasteiger partial charge in [-0.2, -0.15) is 13.2 Å². The van der Waals surface area contributed by atoms with E-state index in [4.69, 9.17) is 0 Å². The first-order valence-electron chi connectivity index (χ1n) is 11.1. The van der Waals surface area contributed by atoms with Crippen LogP contribution in [0.1, 0.15) is 116 Å². The van der Waals surface area contributed by atoms with Crippen LogP contribution in [0.5, 0.6) is 0 Å². The van der Waals surface area contributed by atoms with Crippen molar-refractivity contribution in [2.45, 2.75) is 122 Å². The van der Waals surface area contributed by atoms with Gasteiger partial charge in [0.25, 0.3) is 0 Å². The Morgan fingerprint density at radius 1 is 0.815 bits per heavy atom. The zero-order chi connectivity index (χ0) is 20.4. The molecule has 0 aromatic carbocycles. The molecular formula is C23H41F3O. The van der Waals surface area contributed by atoms with Crippen LogP contribution < -0.4 is 0 Å². The molecule has 0 saturated carbocycles. The third kappa shape index (κ3) is 19.8. The van der Waals surface area contributed by atoms with Gasteiger partial charge in [0.15, 0.2) is 0 Å². The summed E-state index contributed by atoms with van der Waals surface area (Å²) < 4.78 is 36.1. The lowest BCUT2D eigenvalue weighted by molar-refractivity contribution is -0.152. The summed E-state index contributed by atoms with van der Waals surface area (Å²) in [5, 5.41) is 0. The highest BCUT2D eigenvalue weighted by Crippen LogP contribution is 2.21. The van der Waals surface area contributed by atoms with Gasteiger partial charge in [0.2, 0.25) is 0 Å². The largest absolute Gasteiger partial charge is 0.395 e. The number of Topliss-reactive ketones (excluding diaryl/α,β-unsaturated/α-hetero) is 1. The molecule has 0 rings (SSSR count). The van der Waals surface area contributed by atoms with Crippen molar-refractivity contribution in [2.24, 2.45) is 5.92 Å². The Balaban J connectivity index is 3.25. The summed E-state index contributed by atoms with van der Waals surface area (Å²) in [5.74, 6) is 0.0330. The summed E-state index contributed by atoms with van der Waals surface area (Å²) >= 11 is 0. The van der Waals surface area contributed by atoms with E-state index >= 15 is 0 Å². The maximum atomic E-state index is 12.0. The maximum absolute atomic E-state index is 12.0. The Morgan fingerprint density at radius 2 is 1.26 bits per heavy atom. The molecule has 0 spiro atoms. The van der Waals surface area contributed by atoms with Gasteiger partial charge < -0.3 is 0 Å². The Labute approximate surface area is 165 Å². The van der Waals surface area contributed by atoms with Crippen molar-refractivity contribution >= 4 is 5.78 Å². The normalized spacial score (nSPS) is 12.9. The van der Waals surface area contributed by atoms with E-state index in [2.05, 4.69) is 19.6 Å². The maximum Gasteiger partial charge on any atom is 0.395 e. The Morgan fingerprint density at radius 3 is 1.67 bits per heavy atom. The number of rotatable bonds is 19. The number of carbonyl (C=O) groups excluding carboxylic acids is 1. The van der Waals surface area contributed by atoms with Crippen LogP contribution in [0.25, 0.3) is 0 Å². The molecule has 0 aliphatic carbocycles. The Bertz CT molecular complexity index is 363. The van der Waals surface area contributed by atoms with Crippen molar-refractivity contribution in [2.75, 3.05) is 0 Å². The minimum atomic E-state index is -4.35. The molecule has 0 unspecified atom stereocenters. The SMILES string of the molecule is C=C[C@H](CCC)CCCCCCCCCCCCCCC(=O)CC(F)(F)F. The minimum absolute atomic E-state index is 0.0749. The second-order valence-electron chi connectivity index (χ2n) is 7.90. The molecular weight excluding hydrogens is 349 g/mol. The second kappa shape index (κ2) is 17.3. The van der Waals surface area contributed by atoms with E-state index in [0.29, 0.717) is 12.3 Å². The van der Waals surface area contributed by atoms with Gasteiger partial charge in [-0.3, -0.25) is 4.79 Å². The van der Waals surface area contributed by atoms with E-state index in [0.717, 1.165) is 19.3 Å². The molecule has 4 heteroatoms. The van der Waals surface area contributed by atoms with Crippen LogP contribution in [-0.4, -0.2) is 12.0 Å². The monoisotopic (exact) mass is 390 g/mol. The van der Waals surface area contributed by atoms with E-state index in [1.807, 2.05) is 0 Å². The molecule has 0 aliphatic rings. The lowest BCUT2D eigenvalue weighted by atomic mass is 9.96. The zero-order valence-corrected chi connectivity index (χ0v) is 17.4. The first-order valence-corrected chi connectivity index (χ1v) is 11.1. The number of carbonyl (C=O) groups is 1. The molecule has 0 heterocycles. The Hall–Kier alpha value is -0.800. The average molecular weight is 391 g/mol. The van der Waals surface area contributed by atoms with E-state index in [1.54, 1.807) is 0 Å². The minimum Gasteiger partial charge on any atom is -0.299 e. The number of hydrogen-bond donors (Lipinski definition) is 0. The van der Waals surface area contributed by atoms with Crippen molar-refractivity contribution < 1.29 is 18.0 Å². The van der Waals surface area contributed by atoms with Crippen LogP contribution in [0.2, 0.25) is 0 Å². The molecule has 1 atom stereocenters. The van der Waals surface area contributed by atoms with Gasteiger partial charge in [-0.1, -0.05) is 90.0 Å². The predicted molar refractivity (Wildman–Crippen MR) is 109 cm³/mol. The zero-order valence-electron chi connectivity index (χ0n) is 17.4. The highest BCUT2D eigenvalue weighted by Gasteiger charge is 2.30. The van der Waals surface area contributed by atoms with Crippen LogP contribution in [0.15, 0.2) is 12.7 Å². The second-order valence-corrected chi connectivity index (χ2v) is 7.90. The lowest BCUT2D eigenvalue weighted by Gasteiger charge is -2.10. The molecule has 27 heavy (non-hydrogen) atoms. The van der Waals surface area contributed by atoms with E-state index < -0.39 is 18.4 Å². The predicted octanol–water partition coefficient (Wildman–Crippen LogP) is 8.57. The van der Waals surface area contributed by atoms with Crippen LogP contribution in [0, 0.1) is 5.92 Å². The van der Waals surface area contributed by atoms with E-state index in [9.17, 15) is 18.0 Å². The van der Waals surface area contributed by atoms with Gasteiger partial charge in [0.1, 0.15) is 12.2 Å². The summed E-state index contributed by atoms with van der Waals surface area (Å²) in [5.41, 5.74) is 0. The van der Waals surface area contributed by atoms with Gasteiger partial charge in [-0.15, -0.1) is 6.58 Å². The smallest absolute Gasteiger partial charge is 0.299 e. The lowest BCUT2D eigenvalue weighted by Crippen LogP contribution is -2.14. The van der Waals surface area contributed by atoms with E-state index in [1.165, 1.54) is 70.6 Å². The molecule has 0 saturated heterocycles. The molecule has 0 amide bonds. The molecule has 0 bridgehead atoms. The molecule has 0 aromatic heterocycles. The number of halogens is 3. The van der Waals surface area contributed by atoms with Crippen LogP contribution in [0.3, 0.4) is 0 Å². The number of hydrogen-bond acceptors (Lipinski definition) is 1. The van der Waals surface area contributed by atoms with Crippen molar-refractivity contribution in [1.29, 1.82) is 0 Å². The molecule has 0 fully saturated rings. The number of allylic oxidation sites excluding steroid dienone is 1. The third-order valence-corrected chi connectivity index (χ3v) is 5.17. The summed E-state index contributed by atoms with van der Waals surface area (Å²) in [6.07, 6.45) is 14.4. The highest BCUT2D eigenvalue weighted by atomic mass is 19.4. The number of unbranched alkanes of at least 4 members (excludes halogenated alkanes) is 11. The van der Waals surface area contributed by atoms with Crippen molar-refractivity contribution in [3.8, 4) is 0 Å². The number of alkyl halides is 3.